The first kappa shape index (κ1) is 26.8. The van der Waals surface area contributed by atoms with E-state index in [9.17, 15) is 27.2 Å². The molecule has 3 heterocycles. The van der Waals surface area contributed by atoms with E-state index in [2.05, 4.69) is 9.97 Å². The summed E-state index contributed by atoms with van der Waals surface area (Å²) in [6.07, 6.45) is -1.47. The molecule has 0 atom stereocenters. The molecule has 0 spiro atoms. The van der Waals surface area contributed by atoms with Crippen LogP contribution in [-0.2, 0) is 12.8 Å². The number of alkyl halides is 3. The molecule has 0 saturated heterocycles. The zero-order chi connectivity index (χ0) is 28.6. The molecule has 0 unspecified atom stereocenters. The number of nitrogens with zero attached hydrogens (tertiary/aromatic N) is 3. The van der Waals surface area contributed by atoms with Gasteiger partial charge in [-0.2, -0.15) is 13.2 Å². The molecule has 2 aromatic carbocycles. The minimum absolute atomic E-state index is 0.0255. The third kappa shape index (κ3) is 5.22. The van der Waals surface area contributed by atoms with Crippen molar-refractivity contribution in [3.05, 3.63) is 107 Å². The summed E-state index contributed by atoms with van der Waals surface area (Å²) in [5.74, 6) is -2.46. The van der Waals surface area contributed by atoms with Gasteiger partial charge in [0, 0.05) is 28.6 Å². The lowest BCUT2D eigenvalue weighted by Crippen LogP contribution is -2.28. The summed E-state index contributed by atoms with van der Waals surface area (Å²) in [5, 5.41) is 10.4. The molecular weight excluding hydrogens is 533 g/mol. The largest absolute Gasteiger partial charge is 0.488 e. The molecule has 11 heteroatoms. The molecule has 40 heavy (non-hydrogen) atoms. The first-order valence-corrected chi connectivity index (χ1v) is 11.9. The SMILES string of the molecule is Cc1c(Oc2ncc(C(F)(F)F)c(C)c2-c2cc(OCc3ccccc3)c3c[n+](O)ccc3n2)ccc(F)c1F. The van der Waals surface area contributed by atoms with E-state index in [1.807, 2.05) is 30.3 Å². The van der Waals surface area contributed by atoms with Gasteiger partial charge in [-0.1, -0.05) is 30.3 Å². The van der Waals surface area contributed by atoms with E-state index in [1.165, 1.54) is 38.4 Å². The Balaban J connectivity index is 1.70. The first-order valence-electron chi connectivity index (χ1n) is 11.9. The Morgan fingerprint density at radius 2 is 1.70 bits per heavy atom. The second-order valence-corrected chi connectivity index (χ2v) is 8.97. The molecule has 1 N–H and O–H groups in total. The van der Waals surface area contributed by atoms with Gasteiger partial charge in [0.25, 0.3) is 0 Å². The van der Waals surface area contributed by atoms with E-state index in [0.29, 0.717) is 17.1 Å². The highest BCUT2D eigenvalue weighted by Crippen LogP contribution is 2.42. The Hall–Kier alpha value is -4.80. The topological polar surface area (TPSA) is 68.4 Å². The Bertz CT molecular complexity index is 1730. The number of hydrogen-bond acceptors (Lipinski definition) is 5. The fraction of sp³-hybridized carbons (Fsp3) is 0.138. The third-order valence-electron chi connectivity index (χ3n) is 6.30. The summed E-state index contributed by atoms with van der Waals surface area (Å²) in [4.78, 5) is 8.42. The number of aromatic nitrogens is 3. The Labute approximate surface area is 224 Å². The van der Waals surface area contributed by atoms with Gasteiger partial charge in [-0.25, -0.2) is 18.7 Å². The molecule has 0 aliphatic heterocycles. The van der Waals surface area contributed by atoms with Gasteiger partial charge in [0.05, 0.1) is 22.3 Å². The number of pyridine rings is 3. The van der Waals surface area contributed by atoms with E-state index in [4.69, 9.17) is 9.47 Å². The molecule has 0 aliphatic rings. The highest BCUT2D eigenvalue weighted by molar-refractivity contribution is 5.87. The summed E-state index contributed by atoms with van der Waals surface area (Å²) in [6.45, 7) is 2.64. The fourth-order valence-electron chi connectivity index (χ4n) is 4.21. The molecule has 3 aromatic heterocycles. The van der Waals surface area contributed by atoms with Crippen LogP contribution in [0, 0.1) is 25.5 Å². The molecule has 0 saturated carbocycles. The highest BCUT2D eigenvalue weighted by atomic mass is 19.4. The molecule has 204 valence electrons. The van der Waals surface area contributed by atoms with Gasteiger partial charge in [-0.15, -0.1) is 0 Å². The predicted molar refractivity (Wildman–Crippen MR) is 134 cm³/mol. The van der Waals surface area contributed by atoms with Crippen LogP contribution in [0.3, 0.4) is 0 Å². The smallest absolute Gasteiger partial charge is 0.418 e. The van der Waals surface area contributed by atoms with Crippen molar-refractivity contribution in [1.29, 1.82) is 0 Å². The first-order chi connectivity index (χ1) is 19.0. The molecule has 6 nitrogen and oxygen atoms in total. The van der Waals surface area contributed by atoms with Crippen molar-refractivity contribution in [2.75, 3.05) is 0 Å². The minimum atomic E-state index is -4.74. The van der Waals surface area contributed by atoms with Gasteiger partial charge in [0.2, 0.25) is 18.3 Å². The van der Waals surface area contributed by atoms with Crippen molar-refractivity contribution in [3.63, 3.8) is 0 Å². The zero-order valence-electron chi connectivity index (χ0n) is 21.1. The van der Waals surface area contributed by atoms with Gasteiger partial charge in [0.1, 0.15) is 23.5 Å². The summed E-state index contributed by atoms with van der Waals surface area (Å²) >= 11 is 0. The van der Waals surface area contributed by atoms with Gasteiger partial charge in [-0.3, -0.25) is 5.21 Å². The van der Waals surface area contributed by atoms with Crippen molar-refractivity contribution in [3.8, 4) is 28.6 Å². The fourth-order valence-corrected chi connectivity index (χ4v) is 4.21. The Kier molecular flexibility index (Phi) is 6.97. The molecule has 0 radical (unpaired) electrons. The monoisotopic (exact) mass is 554 g/mol. The third-order valence-corrected chi connectivity index (χ3v) is 6.30. The number of halogens is 5. The minimum Gasteiger partial charge on any atom is -0.488 e. The van der Waals surface area contributed by atoms with Crippen molar-refractivity contribution in [1.82, 2.24) is 9.97 Å². The Morgan fingerprint density at radius 1 is 0.950 bits per heavy atom. The number of benzene rings is 2. The summed E-state index contributed by atoms with van der Waals surface area (Å²) < 4.78 is 82.2. The summed E-state index contributed by atoms with van der Waals surface area (Å²) in [6, 6.07) is 14.1. The Morgan fingerprint density at radius 3 is 2.42 bits per heavy atom. The van der Waals surface area contributed by atoms with Gasteiger partial charge < -0.3 is 9.47 Å². The second-order valence-electron chi connectivity index (χ2n) is 8.97. The maximum absolute atomic E-state index is 14.2. The van der Waals surface area contributed by atoms with Crippen LogP contribution in [0.2, 0.25) is 0 Å². The average Bonchev–Trinajstić information content (AvgIpc) is 2.92. The van der Waals surface area contributed by atoms with Crippen molar-refractivity contribution in [2.45, 2.75) is 26.6 Å². The lowest BCUT2D eigenvalue weighted by molar-refractivity contribution is -0.904. The van der Waals surface area contributed by atoms with Crippen LogP contribution < -0.4 is 14.2 Å². The average molecular weight is 554 g/mol. The zero-order valence-corrected chi connectivity index (χ0v) is 21.1. The normalized spacial score (nSPS) is 11.6. The summed E-state index contributed by atoms with van der Waals surface area (Å²) in [5.41, 5.74) is -0.410. The van der Waals surface area contributed by atoms with Crippen LogP contribution in [0.5, 0.6) is 17.4 Å². The maximum atomic E-state index is 14.2. The van der Waals surface area contributed by atoms with Crippen LogP contribution >= 0.6 is 0 Å². The van der Waals surface area contributed by atoms with E-state index in [0.717, 1.165) is 22.4 Å². The standard InChI is InChI=1S/C29H21F5N3O3/c1-16-20(29(32,33)34)13-35-28(40-24-9-8-21(30)27(31)17(24)2)26(16)23-12-25(39-15-18-6-4-3-5-7-18)19-14-37(38)11-10-22(19)36-23/h3-14,38H,15H2,1-2H3/q+1. The number of rotatable bonds is 6. The number of fused-ring (bicyclic) bond motifs is 1. The van der Waals surface area contributed by atoms with Crippen molar-refractivity contribution < 1.29 is 41.4 Å². The lowest BCUT2D eigenvalue weighted by atomic mass is 10.0. The molecule has 0 amide bonds. The van der Waals surface area contributed by atoms with E-state index >= 15 is 0 Å². The molecule has 0 bridgehead atoms. The summed E-state index contributed by atoms with van der Waals surface area (Å²) in [7, 11) is 0. The quantitative estimate of drug-likeness (QED) is 0.138. The number of ether oxygens (including phenoxy) is 2. The van der Waals surface area contributed by atoms with Gasteiger partial charge >= 0.3 is 6.18 Å². The molecular formula is C29H21F5N3O3+. The molecule has 0 aliphatic carbocycles. The number of hydrogen-bond donors (Lipinski definition) is 1. The highest BCUT2D eigenvalue weighted by Gasteiger charge is 2.35. The van der Waals surface area contributed by atoms with E-state index in [1.54, 1.807) is 0 Å². The van der Waals surface area contributed by atoms with Gasteiger partial charge in [-0.05, 0) is 37.1 Å². The molecule has 5 rings (SSSR count). The second kappa shape index (κ2) is 10.4. The predicted octanol–water partition coefficient (Wildman–Crippen LogP) is 7.11. The van der Waals surface area contributed by atoms with Crippen LogP contribution in [-0.4, -0.2) is 15.2 Å². The molecule has 0 fully saturated rings. The van der Waals surface area contributed by atoms with Crippen LogP contribution in [0.1, 0.15) is 22.3 Å². The van der Waals surface area contributed by atoms with E-state index in [-0.39, 0.29) is 46.4 Å². The van der Waals surface area contributed by atoms with Crippen LogP contribution in [0.25, 0.3) is 22.2 Å². The molecule has 5 aromatic rings. The van der Waals surface area contributed by atoms with Crippen LogP contribution in [0.15, 0.2) is 73.2 Å². The lowest BCUT2D eigenvalue weighted by Gasteiger charge is -2.19. The maximum Gasteiger partial charge on any atom is 0.418 e. The van der Waals surface area contributed by atoms with Crippen molar-refractivity contribution in [2.24, 2.45) is 0 Å². The van der Waals surface area contributed by atoms with Crippen molar-refractivity contribution >= 4 is 10.9 Å². The van der Waals surface area contributed by atoms with Gasteiger partial charge in [0.15, 0.2) is 11.6 Å². The van der Waals surface area contributed by atoms with E-state index < -0.39 is 23.4 Å². The van der Waals surface area contributed by atoms with Crippen LogP contribution in [0.4, 0.5) is 22.0 Å².